The van der Waals surface area contributed by atoms with Gasteiger partial charge in [0.05, 0.1) is 0 Å². The summed E-state index contributed by atoms with van der Waals surface area (Å²) in [6.07, 6.45) is 1.96. The highest BCUT2D eigenvalue weighted by atomic mass is 15.2. The topological polar surface area (TPSA) is 19.4 Å². The van der Waals surface area contributed by atoms with Crippen LogP contribution in [0.25, 0.3) is 21.9 Å². The van der Waals surface area contributed by atoms with Gasteiger partial charge in [-0.3, -0.25) is 4.90 Å². The minimum atomic E-state index is 0.0615. The fourth-order valence-electron chi connectivity index (χ4n) is 7.08. The van der Waals surface area contributed by atoms with Crippen molar-refractivity contribution in [3.8, 4) is 11.1 Å². The van der Waals surface area contributed by atoms with Crippen LogP contribution in [-0.4, -0.2) is 11.7 Å². The zero-order valence-corrected chi connectivity index (χ0v) is 23.4. The first kappa shape index (κ1) is 24.0. The van der Waals surface area contributed by atoms with E-state index in [1.54, 1.807) is 0 Å². The monoisotopic (exact) mass is 547 g/mol. The number of benzene rings is 6. The van der Waals surface area contributed by atoms with Crippen LogP contribution in [-0.2, 0) is 0 Å². The summed E-state index contributed by atoms with van der Waals surface area (Å²) in [5.74, 6) is 0.983. The number of fused-ring (bicyclic) bond motifs is 5. The SMILES string of the molecule is c1ccc(N2c3cc(-c4cccc5ccccc45)ccc3B3c4ccccc4N(c4ccccc4)c4nccc2c43)cc1. The van der Waals surface area contributed by atoms with Gasteiger partial charge < -0.3 is 4.90 Å². The number of hydrogen-bond donors (Lipinski definition) is 0. The van der Waals surface area contributed by atoms with E-state index in [0.717, 1.165) is 17.2 Å². The Bertz CT molecular complexity index is 2150. The Morgan fingerprint density at radius 3 is 2.00 bits per heavy atom. The van der Waals surface area contributed by atoms with Crippen LogP contribution in [0, 0.1) is 0 Å². The summed E-state index contributed by atoms with van der Waals surface area (Å²) in [5, 5.41) is 2.52. The van der Waals surface area contributed by atoms with Gasteiger partial charge in [0, 0.05) is 34.6 Å². The molecule has 0 N–H and O–H groups in total. The number of para-hydroxylation sites is 3. The van der Waals surface area contributed by atoms with Crippen molar-refractivity contribution >= 4 is 68.1 Å². The number of pyridine rings is 1. The summed E-state index contributed by atoms with van der Waals surface area (Å²) in [5.41, 5.74) is 12.1. The van der Waals surface area contributed by atoms with E-state index in [9.17, 15) is 0 Å². The Morgan fingerprint density at radius 2 is 1.16 bits per heavy atom. The zero-order chi connectivity index (χ0) is 28.3. The van der Waals surface area contributed by atoms with Crippen LogP contribution in [0.3, 0.4) is 0 Å². The second-order valence-electron chi connectivity index (χ2n) is 11.2. The van der Waals surface area contributed by atoms with E-state index < -0.39 is 0 Å². The summed E-state index contributed by atoms with van der Waals surface area (Å²) >= 11 is 0. The van der Waals surface area contributed by atoms with Crippen LogP contribution in [0.15, 0.2) is 158 Å². The molecule has 0 saturated carbocycles. The second-order valence-corrected chi connectivity index (χ2v) is 11.2. The molecular formula is C39H26BN3. The lowest BCUT2D eigenvalue weighted by Crippen LogP contribution is -2.61. The first-order valence-electron chi connectivity index (χ1n) is 14.8. The van der Waals surface area contributed by atoms with Crippen LogP contribution in [0.2, 0.25) is 0 Å². The fraction of sp³-hybridized carbons (Fsp3) is 0. The zero-order valence-electron chi connectivity index (χ0n) is 23.4. The van der Waals surface area contributed by atoms with Gasteiger partial charge in [-0.15, -0.1) is 0 Å². The minimum Gasteiger partial charge on any atom is -0.311 e. The Labute approximate surface area is 251 Å². The Balaban J connectivity index is 1.34. The molecule has 0 amide bonds. The summed E-state index contributed by atoms with van der Waals surface area (Å²) < 4.78 is 0. The molecule has 43 heavy (non-hydrogen) atoms. The third kappa shape index (κ3) is 3.60. The quantitative estimate of drug-likeness (QED) is 0.209. The molecular weight excluding hydrogens is 521 g/mol. The summed E-state index contributed by atoms with van der Waals surface area (Å²) in [7, 11) is 0. The van der Waals surface area contributed by atoms with Crippen molar-refractivity contribution in [2.75, 3.05) is 9.80 Å². The Morgan fingerprint density at radius 1 is 0.488 bits per heavy atom. The summed E-state index contributed by atoms with van der Waals surface area (Å²) in [6, 6.07) is 54.6. The summed E-state index contributed by atoms with van der Waals surface area (Å²) in [6.45, 7) is 0.0615. The molecule has 0 saturated heterocycles. The molecule has 0 atom stereocenters. The Hall–Kier alpha value is -5.61. The molecule has 6 aromatic carbocycles. The van der Waals surface area contributed by atoms with E-state index in [2.05, 4.69) is 161 Å². The average molecular weight is 547 g/mol. The largest absolute Gasteiger partial charge is 0.311 e. The predicted octanol–water partition coefficient (Wildman–Crippen LogP) is 7.98. The molecule has 200 valence electrons. The smallest absolute Gasteiger partial charge is 0.254 e. The normalized spacial score (nSPS) is 13.0. The highest BCUT2D eigenvalue weighted by molar-refractivity contribution is 7.00. The fourth-order valence-corrected chi connectivity index (χ4v) is 7.08. The van der Waals surface area contributed by atoms with E-state index in [-0.39, 0.29) is 6.71 Å². The third-order valence-corrected chi connectivity index (χ3v) is 8.89. The van der Waals surface area contributed by atoms with Crippen molar-refractivity contribution in [2.24, 2.45) is 0 Å². The predicted molar refractivity (Wildman–Crippen MR) is 181 cm³/mol. The van der Waals surface area contributed by atoms with Crippen LogP contribution in [0.4, 0.5) is 34.3 Å². The highest BCUT2D eigenvalue weighted by Gasteiger charge is 2.43. The maximum atomic E-state index is 5.07. The highest BCUT2D eigenvalue weighted by Crippen LogP contribution is 2.43. The van der Waals surface area contributed by atoms with Crippen molar-refractivity contribution in [1.29, 1.82) is 0 Å². The second kappa shape index (κ2) is 9.47. The molecule has 2 aliphatic heterocycles. The molecule has 0 unspecified atom stereocenters. The molecule has 3 heterocycles. The third-order valence-electron chi connectivity index (χ3n) is 8.89. The van der Waals surface area contributed by atoms with Gasteiger partial charge in [0.2, 0.25) is 0 Å². The lowest BCUT2D eigenvalue weighted by molar-refractivity contribution is 1.17. The molecule has 1 aromatic heterocycles. The van der Waals surface area contributed by atoms with Gasteiger partial charge in [0.25, 0.3) is 6.71 Å². The van der Waals surface area contributed by atoms with Gasteiger partial charge in [-0.05, 0) is 80.8 Å². The van der Waals surface area contributed by atoms with Gasteiger partial charge in [0.1, 0.15) is 5.82 Å². The van der Waals surface area contributed by atoms with Gasteiger partial charge in [-0.2, -0.15) is 0 Å². The van der Waals surface area contributed by atoms with Crippen LogP contribution in [0.5, 0.6) is 0 Å². The Kier molecular flexibility index (Phi) is 5.29. The maximum Gasteiger partial charge on any atom is 0.254 e. The molecule has 0 bridgehead atoms. The lowest BCUT2D eigenvalue weighted by atomic mass is 9.33. The van der Waals surface area contributed by atoms with Gasteiger partial charge in [-0.25, -0.2) is 4.98 Å². The molecule has 3 nitrogen and oxygen atoms in total. The molecule has 0 radical (unpaired) electrons. The first-order valence-corrected chi connectivity index (χ1v) is 14.8. The van der Waals surface area contributed by atoms with E-state index >= 15 is 0 Å². The molecule has 2 aliphatic rings. The van der Waals surface area contributed by atoms with Crippen LogP contribution < -0.4 is 26.2 Å². The number of nitrogens with zero attached hydrogens (tertiary/aromatic N) is 3. The van der Waals surface area contributed by atoms with Crippen molar-refractivity contribution in [3.63, 3.8) is 0 Å². The van der Waals surface area contributed by atoms with E-state index in [1.807, 2.05) is 6.20 Å². The number of rotatable bonds is 3. The number of anilines is 6. The van der Waals surface area contributed by atoms with Crippen molar-refractivity contribution in [1.82, 2.24) is 4.98 Å². The lowest BCUT2D eigenvalue weighted by Gasteiger charge is -2.43. The van der Waals surface area contributed by atoms with E-state index in [1.165, 1.54) is 55.3 Å². The van der Waals surface area contributed by atoms with Gasteiger partial charge >= 0.3 is 0 Å². The number of aromatic nitrogens is 1. The van der Waals surface area contributed by atoms with Crippen molar-refractivity contribution < 1.29 is 0 Å². The van der Waals surface area contributed by atoms with Crippen molar-refractivity contribution in [2.45, 2.75) is 0 Å². The number of hydrogen-bond acceptors (Lipinski definition) is 3. The van der Waals surface area contributed by atoms with E-state index in [0.29, 0.717) is 0 Å². The molecule has 9 rings (SSSR count). The van der Waals surface area contributed by atoms with Crippen LogP contribution >= 0.6 is 0 Å². The van der Waals surface area contributed by atoms with Crippen LogP contribution in [0.1, 0.15) is 0 Å². The minimum absolute atomic E-state index is 0.0615. The molecule has 0 aliphatic carbocycles. The maximum absolute atomic E-state index is 5.07. The average Bonchev–Trinajstić information content (AvgIpc) is 3.08. The molecule has 4 heteroatoms. The van der Waals surface area contributed by atoms with Crippen molar-refractivity contribution in [3.05, 3.63) is 158 Å². The summed E-state index contributed by atoms with van der Waals surface area (Å²) in [4.78, 5) is 9.82. The van der Waals surface area contributed by atoms with Gasteiger partial charge in [-0.1, -0.05) is 109 Å². The first-order chi connectivity index (χ1) is 21.4. The van der Waals surface area contributed by atoms with E-state index in [4.69, 9.17) is 4.98 Å². The van der Waals surface area contributed by atoms with Gasteiger partial charge in [0.15, 0.2) is 0 Å². The molecule has 0 spiro atoms. The molecule has 7 aromatic rings. The molecule has 0 fully saturated rings. The standard InChI is InChI=1S/C39H26BN3/c1-3-14-29(15-4-1)42-36-24-25-41-39-38(36)40(33-20-9-10-21-35(33)43(39)30-16-5-2-6-17-30)34-23-22-28(26-37(34)42)32-19-11-13-27-12-7-8-18-31(27)32/h1-26H.